The summed E-state index contributed by atoms with van der Waals surface area (Å²) < 4.78 is 0.784. The standard InChI is InChI=1S/C16H9Cl2N7O3S/c17-6-1-2-7(9(18)3-6)11-8-4-10(29-14(8)23-16(20)22-11)15(27)28-25-5-21-24-13(25)12(19)26/h1-5H,(H2,19,26)(H2,20,22,23). The molecular weight excluding hydrogens is 441 g/mol. The summed E-state index contributed by atoms with van der Waals surface area (Å²) in [5, 5.41) is 8.35. The summed E-state index contributed by atoms with van der Waals surface area (Å²) in [7, 11) is 0. The molecule has 0 aliphatic carbocycles. The van der Waals surface area contributed by atoms with Crippen LogP contribution in [0, 0.1) is 0 Å². The minimum absolute atomic E-state index is 0.00936. The Labute approximate surface area is 176 Å². The Morgan fingerprint density at radius 1 is 1.17 bits per heavy atom. The molecule has 4 rings (SSSR count). The van der Waals surface area contributed by atoms with Crippen LogP contribution < -0.4 is 16.3 Å². The molecule has 4 N–H and O–H groups in total. The number of amides is 1. The lowest BCUT2D eigenvalue weighted by atomic mass is 10.1. The number of nitrogens with two attached hydrogens (primary N) is 2. The normalized spacial score (nSPS) is 11.0. The zero-order valence-corrected chi connectivity index (χ0v) is 16.5. The van der Waals surface area contributed by atoms with Gasteiger partial charge >= 0.3 is 5.97 Å². The van der Waals surface area contributed by atoms with Crippen LogP contribution in [0.4, 0.5) is 5.95 Å². The Bertz CT molecular complexity index is 1290. The van der Waals surface area contributed by atoms with Crippen molar-refractivity contribution in [1.82, 2.24) is 24.9 Å². The fourth-order valence-corrected chi connectivity index (χ4v) is 3.92. The maximum Gasteiger partial charge on any atom is 0.373 e. The molecular formula is C16H9Cl2N7O3S. The Morgan fingerprint density at radius 3 is 2.69 bits per heavy atom. The van der Waals surface area contributed by atoms with Crippen molar-refractivity contribution in [2.45, 2.75) is 0 Å². The van der Waals surface area contributed by atoms with Crippen LogP contribution in [0.15, 0.2) is 30.6 Å². The maximum atomic E-state index is 12.5. The molecule has 0 aliphatic heterocycles. The molecule has 13 heteroatoms. The second-order valence-corrected chi connectivity index (χ2v) is 7.48. The topological polar surface area (TPSA) is 152 Å². The smallest absolute Gasteiger partial charge is 0.368 e. The van der Waals surface area contributed by atoms with E-state index in [9.17, 15) is 9.59 Å². The van der Waals surface area contributed by atoms with Crippen LogP contribution in [0.5, 0.6) is 0 Å². The first kappa shape index (κ1) is 19.1. The molecule has 0 saturated carbocycles. The molecule has 0 bridgehead atoms. The Balaban J connectivity index is 1.77. The molecule has 0 spiro atoms. The van der Waals surface area contributed by atoms with Crippen molar-refractivity contribution in [1.29, 1.82) is 0 Å². The Kier molecular flexibility index (Phi) is 4.78. The van der Waals surface area contributed by atoms with E-state index in [1.165, 1.54) is 6.07 Å². The zero-order chi connectivity index (χ0) is 20.7. The lowest BCUT2D eigenvalue weighted by Crippen LogP contribution is -2.25. The van der Waals surface area contributed by atoms with E-state index >= 15 is 0 Å². The lowest BCUT2D eigenvalue weighted by Gasteiger charge is -2.06. The highest BCUT2D eigenvalue weighted by Crippen LogP contribution is 2.36. The van der Waals surface area contributed by atoms with E-state index in [4.69, 9.17) is 39.5 Å². The van der Waals surface area contributed by atoms with Crippen molar-refractivity contribution in [3.63, 3.8) is 0 Å². The highest BCUT2D eigenvalue weighted by atomic mass is 35.5. The number of hydrogen-bond donors (Lipinski definition) is 2. The number of carbonyl (C=O) groups excluding carboxylic acids is 2. The highest BCUT2D eigenvalue weighted by Gasteiger charge is 2.21. The van der Waals surface area contributed by atoms with Gasteiger partial charge in [-0.2, -0.15) is 0 Å². The molecule has 1 amide bonds. The van der Waals surface area contributed by atoms with Gasteiger partial charge in [0.2, 0.25) is 5.95 Å². The molecule has 29 heavy (non-hydrogen) atoms. The number of nitrogen functional groups attached to an aromatic ring is 1. The minimum atomic E-state index is -0.898. The molecule has 10 nitrogen and oxygen atoms in total. The van der Waals surface area contributed by atoms with Crippen molar-refractivity contribution in [2.75, 3.05) is 5.73 Å². The summed E-state index contributed by atoms with van der Waals surface area (Å²) in [6.45, 7) is 0. The molecule has 0 saturated heterocycles. The molecule has 0 unspecified atom stereocenters. The van der Waals surface area contributed by atoms with Gasteiger partial charge in [0.05, 0.1) is 10.7 Å². The fourth-order valence-electron chi connectivity index (χ4n) is 2.51. The second kappa shape index (κ2) is 7.28. The summed E-state index contributed by atoms with van der Waals surface area (Å²) in [5.74, 6) is -1.99. The number of thiophene rings is 1. The van der Waals surface area contributed by atoms with Gasteiger partial charge in [0, 0.05) is 16.0 Å². The molecule has 0 fully saturated rings. The maximum absolute atomic E-state index is 12.5. The van der Waals surface area contributed by atoms with E-state index in [0.717, 1.165) is 22.4 Å². The van der Waals surface area contributed by atoms with Crippen LogP contribution in [0.25, 0.3) is 21.5 Å². The molecule has 3 aromatic heterocycles. The van der Waals surface area contributed by atoms with E-state index in [1.54, 1.807) is 18.2 Å². The number of nitrogens with zero attached hydrogens (tertiary/aromatic N) is 5. The molecule has 3 heterocycles. The van der Waals surface area contributed by atoms with Gasteiger partial charge in [-0.05, 0) is 24.3 Å². The lowest BCUT2D eigenvalue weighted by molar-refractivity contribution is 0.0449. The number of primary amides is 1. The molecule has 0 aliphatic rings. The van der Waals surface area contributed by atoms with Crippen molar-refractivity contribution >= 4 is 62.6 Å². The largest absolute Gasteiger partial charge is 0.373 e. The predicted octanol–water partition coefficient (Wildman–Crippen LogP) is 2.21. The average Bonchev–Trinajstić information content (AvgIpc) is 3.28. The van der Waals surface area contributed by atoms with E-state index in [0.29, 0.717) is 31.5 Å². The number of halogens is 2. The number of fused-ring (bicyclic) bond motifs is 1. The van der Waals surface area contributed by atoms with Crippen LogP contribution in [0.2, 0.25) is 10.0 Å². The summed E-state index contributed by atoms with van der Waals surface area (Å²) in [6, 6.07) is 6.46. The van der Waals surface area contributed by atoms with E-state index in [1.807, 2.05) is 0 Å². The van der Waals surface area contributed by atoms with Gasteiger partial charge in [-0.1, -0.05) is 23.2 Å². The van der Waals surface area contributed by atoms with E-state index in [-0.39, 0.29) is 16.6 Å². The second-order valence-electron chi connectivity index (χ2n) is 5.61. The van der Waals surface area contributed by atoms with Gasteiger partial charge in [-0.15, -0.1) is 26.3 Å². The fraction of sp³-hybridized carbons (Fsp3) is 0. The van der Waals surface area contributed by atoms with Crippen LogP contribution >= 0.6 is 34.5 Å². The third kappa shape index (κ3) is 3.58. The quantitative estimate of drug-likeness (QED) is 0.480. The first-order chi connectivity index (χ1) is 13.8. The van der Waals surface area contributed by atoms with Crippen LogP contribution in [0.3, 0.4) is 0 Å². The van der Waals surface area contributed by atoms with Gasteiger partial charge < -0.3 is 16.3 Å². The van der Waals surface area contributed by atoms with E-state index in [2.05, 4.69) is 20.2 Å². The van der Waals surface area contributed by atoms with Gasteiger partial charge in [-0.3, -0.25) is 4.79 Å². The molecule has 146 valence electrons. The number of anilines is 1. The van der Waals surface area contributed by atoms with Crippen molar-refractivity contribution in [3.8, 4) is 11.3 Å². The van der Waals surface area contributed by atoms with Gasteiger partial charge in [0.25, 0.3) is 11.7 Å². The number of aromatic nitrogens is 5. The number of benzene rings is 1. The number of hydrogen-bond acceptors (Lipinski definition) is 9. The van der Waals surface area contributed by atoms with Crippen molar-refractivity contribution in [3.05, 3.63) is 51.3 Å². The van der Waals surface area contributed by atoms with Gasteiger partial charge in [0.15, 0.2) is 6.33 Å². The first-order valence-corrected chi connectivity index (χ1v) is 9.35. The predicted molar refractivity (Wildman–Crippen MR) is 107 cm³/mol. The van der Waals surface area contributed by atoms with Crippen molar-refractivity contribution < 1.29 is 14.4 Å². The monoisotopic (exact) mass is 449 g/mol. The Hall–Kier alpha value is -3.28. The first-order valence-electron chi connectivity index (χ1n) is 7.78. The summed E-state index contributed by atoms with van der Waals surface area (Å²) in [6.07, 6.45) is 1.04. The van der Waals surface area contributed by atoms with Crippen molar-refractivity contribution in [2.24, 2.45) is 5.73 Å². The van der Waals surface area contributed by atoms with Crippen LogP contribution in [-0.4, -0.2) is 36.8 Å². The van der Waals surface area contributed by atoms with Crippen LogP contribution in [-0.2, 0) is 0 Å². The van der Waals surface area contributed by atoms with Crippen LogP contribution in [0.1, 0.15) is 20.3 Å². The van der Waals surface area contributed by atoms with E-state index < -0.39 is 11.9 Å². The summed E-state index contributed by atoms with van der Waals surface area (Å²) in [4.78, 5) is 38.0. The number of carbonyl (C=O) groups is 2. The SMILES string of the molecule is NC(=O)c1nncn1OC(=O)c1cc2c(-c3ccc(Cl)cc3Cl)nc(N)nc2s1. The van der Waals surface area contributed by atoms with Gasteiger partial charge in [0.1, 0.15) is 9.71 Å². The molecule has 4 aromatic rings. The molecule has 0 atom stereocenters. The molecule has 1 aromatic carbocycles. The average molecular weight is 450 g/mol. The third-order valence-electron chi connectivity index (χ3n) is 3.72. The summed E-state index contributed by atoms with van der Waals surface area (Å²) >= 11 is 13.3. The number of rotatable bonds is 4. The van der Waals surface area contributed by atoms with Gasteiger partial charge in [-0.25, -0.2) is 14.8 Å². The minimum Gasteiger partial charge on any atom is -0.368 e. The molecule has 0 radical (unpaired) electrons. The third-order valence-corrected chi connectivity index (χ3v) is 5.27. The summed E-state index contributed by atoms with van der Waals surface area (Å²) in [5.41, 5.74) is 12.0. The Morgan fingerprint density at radius 2 is 1.97 bits per heavy atom. The highest BCUT2D eigenvalue weighted by molar-refractivity contribution is 7.20. The zero-order valence-electron chi connectivity index (χ0n) is 14.2.